The quantitative estimate of drug-likeness (QED) is 0.656. The summed E-state index contributed by atoms with van der Waals surface area (Å²) in [6.45, 7) is -0.972. The molecule has 0 saturated carbocycles. The molecule has 2 bridgehead atoms. The van der Waals surface area contributed by atoms with E-state index in [0.717, 1.165) is 16.0 Å². The molecule has 0 radical (unpaired) electrons. The summed E-state index contributed by atoms with van der Waals surface area (Å²) >= 11 is 0. The largest absolute Gasteiger partial charge is 0.491 e. The number of likely N-dealkylation sites (N-methyl/N-ethyl adjacent to an activating group) is 1. The Morgan fingerprint density at radius 3 is 2.62 bits per heavy atom. The molecule has 0 aliphatic carbocycles. The lowest BCUT2D eigenvalue weighted by atomic mass is 9.96. The van der Waals surface area contributed by atoms with Crippen LogP contribution in [0, 0.1) is 0 Å². The van der Waals surface area contributed by atoms with Gasteiger partial charge >= 0.3 is 11.8 Å². The summed E-state index contributed by atoms with van der Waals surface area (Å²) in [4.78, 5) is 15.1. The number of para-hydroxylation sites is 1. The van der Waals surface area contributed by atoms with Crippen LogP contribution < -0.4 is 9.46 Å². The monoisotopic (exact) mass is 501 g/mol. The SMILES string of the molecule is CN1CCOc2ccccc2-c2cccc(c2)C[C@H]2[C@@H](NS(=O)(=O)C(F)F)C(F)(F)CN2C1=O. The van der Waals surface area contributed by atoms with Crippen molar-refractivity contribution >= 4 is 16.1 Å². The minimum atomic E-state index is -5.34. The molecular formula is C22H23F4N3O4S. The fourth-order valence-electron chi connectivity index (χ4n) is 4.28. The van der Waals surface area contributed by atoms with E-state index in [2.05, 4.69) is 0 Å². The first-order valence-corrected chi connectivity index (χ1v) is 12.0. The Hall–Kier alpha value is -2.86. The van der Waals surface area contributed by atoms with Crippen molar-refractivity contribution < 1.29 is 35.5 Å². The number of hydrogen-bond donors (Lipinski definition) is 1. The van der Waals surface area contributed by atoms with Crippen LogP contribution >= 0.6 is 0 Å². The van der Waals surface area contributed by atoms with Crippen LogP contribution in [0.5, 0.6) is 5.75 Å². The number of amides is 2. The van der Waals surface area contributed by atoms with Gasteiger partial charge in [0.2, 0.25) is 0 Å². The fourth-order valence-corrected chi connectivity index (χ4v) is 5.07. The van der Waals surface area contributed by atoms with E-state index >= 15 is 0 Å². The molecule has 1 N–H and O–H groups in total. The van der Waals surface area contributed by atoms with Crippen LogP contribution in [-0.4, -0.2) is 74.8 Å². The summed E-state index contributed by atoms with van der Waals surface area (Å²) in [6.07, 6.45) is -0.178. The van der Waals surface area contributed by atoms with Crippen molar-refractivity contribution in [2.45, 2.75) is 30.2 Å². The van der Waals surface area contributed by atoms with Gasteiger partial charge in [0.1, 0.15) is 18.4 Å². The van der Waals surface area contributed by atoms with Gasteiger partial charge in [-0.3, -0.25) is 0 Å². The first-order valence-electron chi connectivity index (χ1n) is 10.5. The minimum absolute atomic E-state index is 0.0625. The maximum absolute atomic E-state index is 15.0. The molecule has 7 nitrogen and oxygen atoms in total. The summed E-state index contributed by atoms with van der Waals surface area (Å²) in [6, 6.07) is 9.70. The van der Waals surface area contributed by atoms with E-state index in [9.17, 15) is 30.8 Å². The van der Waals surface area contributed by atoms with Crippen LogP contribution in [-0.2, 0) is 16.4 Å². The number of carbonyl (C=O) groups is 1. The third-order valence-corrected chi connectivity index (χ3v) is 7.03. The number of sulfonamides is 1. The molecule has 2 atom stereocenters. The second kappa shape index (κ2) is 9.06. The number of nitrogens with one attached hydrogen (secondary N) is 1. The Balaban J connectivity index is 1.79. The molecule has 12 heteroatoms. The fraction of sp³-hybridized carbons (Fsp3) is 0.409. The van der Waals surface area contributed by atoms with E-state index in [1.807, 2.05) is 12.1 Å². The molecule has 1 saturated heterocycles. The number of carbonyl (C=O) groups excluding carboxylic acids is 1. The van der Waals surface area contributed by atoms with Crippen molar-refractivity contribution in [1.82, 2.24) is 14.5 Å². The predicted octanol–water partition coefficient (Wildman–Crippen LogP) is 3.17. The molecule has 0 aromatic heterocycles. The standard InChI is InChI=1S/C22H23F4N3O4S/c1-28-9-10-33-18-8-3-2-7-16(18)15-6-4-5-14(11-15)12-17-19(27-34(31,32)20(23)24)22(25,26)13-29(17)21(28)30/h2-8,11,17,19-20,27H,9-10,12-13H2,1H3/t17-,19+/m0/s1. The molecule has 2 aliphatic rings. The lowest BCUT2D eigenvalue weighted by molar-refractivity contribution is -0.00553. The molecule has 184 valence electrons. The van der Waals surface area contributed by atoms with Gasteiger partial charge in [0.05, 0.1) is 19.1 Å². The van der Waals surface area contributed by atoms with Crippen LogP contribution in [0.25, 0.3) is 11.1 Å². The molecule has 2 heterocycles. The first-order chi connectivity index (χ1) is 16.0. The maximum atomic E-state index is 15.0. The molecule has 2 amide bonds. The number of ether oxygens (including phenoxy) is 1. The molecule has 2 aliphatic heterocycles. The molecule has 1 fully saturated rings. The highest BCUT2D eigenvalue weighted by atomic mass is 32.2. The van der Waals surface area contributed by atoms with Crippen LogP contribution in [0.15, 0.2) is 48.5 Å². The van der Waals surface area contributed by atoms with Crippen molar-refractivity contribution in [1.29, 1.82) is 0 Å². The van der Waals surface area contributed by atoms with E-state index in [1.165, 1.54) is 16.7 Å². The van der Waals surface area contributed by atoms with Crippen LogP contribution in [0.3, 0.4) is 0 Å². The van der Waals surface area contributed by atoms with Crippen molar-refractivity contribution in [3.05, 3.63) is 54.1 Å². The third-order valence-electron chi connectivity index (χ3n) is 5.97. The maximum Gasteiger partial charge on any atom is 0.350 e. The van der Waals surface area contributed by atoms with Crippen molar-refractivity contribution in [2.75, 3.05) is 26.7 Å². The molecule has 0 spiro atoms. The van der Waals surface area contributed by atoms with Crippen LogP contribution in [0.2, 0.25) is 0 Å². The lowest BCUT2D eigenvalue weighted by Crippen LogP contribution is -2.54. The Morgan fingerprint density at radius 2 is 1.88 bits per heavy atom. The smallest absolute Gasteiger partial charge is 0.350 e. The van der Waals surface area contributed by atoms with Gasteiger partial charge in [-0.15, -0.1) is 0 Å². The third kappa shape index (κ3) is 4.69. The molecular weight excluding hydrogens is 478 g/mol. The minimum Gasteiger partial charge on any atom is -0.491 e. The molecule has 4 rings (SSSR count). The number of fused-ring (bicyclic) bond motifs is 5. The van der Waals surface area contributed by atoms with E-state index < -0.39 is 46.4 Å². The average Bonchev–Trinajstić information content (AvgIpc) is 3.02. The van der Waals surface area contributed by atoms with Gasteiger partial charge in [0.15, 0.2) is 0 Å². The Bertz CT molecular complexity index is 1180. The zero-order chi connectivity index (χ0) is 24.7. The number of rotatable bonds is 3. The highest BCUT2D eigenvalue weighted by molar-refractivity contribution is 7.89. The number of urea groups is 1. The van der Waals surface area contributed by atoms with E-state index in [1.54, 1.807) is 36.4 Å². The van der Waals surface area contributed by atoms with E-state index in [4.69, 9.17) is 4.74 Å². The van der Waals surface area contributed by atoms with E-state index in [-0.39, 0.29) is 19.6 Å². The summed E-state index contributed by atoms with van der Waals surface area (Å²) in [7, 11) is -3.93. The zero-order valence-corrected chi connectivity index (χ0v) is 18.9. The summed E-state index contributed by atoms with van der Waals surface area (Å²) in [5.41, 5.74) is 2.00. The molecule has 0 unspecified atom stereocenters. The summed E-state index contributed by atoms with van der Waals surface area (Å²) in [5.74, 6) is -7.07. The lowest BCUT2D eigenvalue weighted by Gasteiger charge is -2.31. The van der Waals surface area contributed by atoms with Gasteiger partial charge in [-0.1, -0.05) is 42.5 Å². The second-order valence-corrected chi connectivity index (χ2v) is 9.99. The number of alkyl halides is 4. The van der Waals surface area contributed by atoms with Crippen molar-refractivity contribution in [3.8, 4) is 16.9 Å². The Morgan fingerprint density at radius 1 is 1.15 bits per heavy atom. The van der Waals surface area contributed by atoms with Crippen molar-refractivity contribution in [2.24, 2.45) is 0 Å². The van der Waals surface area contributed by atoms with Gasteiger partial charge in [0, 0.05) is 12.6 Å². The topological polar surface area (TPSA) is 79.0 Å². The second-order valence-electron chi connectivity index (χ2n) is 8.31. The van der Waals surface area contributed by atoms with Gasteiger partial charge < -0.3 is 14.5 Å². The van der Waals surface area contributed by atoms with Crippen LogP contribution in [0.1, 0.15) is 5.56 Å². The molecule has 2 aromatic carbocycles. The molecule has 2 aromatic rings. The summed E-state index contributed by atoms with van der Waals surface area (Å²) in [5, 5.41) is 0. The number of nitrogens with zero attached hydrogens (tertiary/aromatic N) is 2. The highest BCUT2D eigenvalue weighted by Crippen LogP contribution is 2.37. The van der Waals surface area contributed by atoms with Gasteiger partial charge in [0.25, 0.3) is 15.9 Å². The van der Waals surface area contributed by atoms with Crippen LogP contribution in [0.4, 0.5) is 22.4 Å². The van der Waals surface area contributed by atoms with Crippen molar-refractivity contribution in [3.63, 3.8) is 0 Å². The number of halogens is 4. The predicted molar refractivity (Wildman–Crippen MR) is 116 cm³/mol. The normalized spacial score (nSPS) is 22.8. The van der Waals surface area contributed by atoms with Gasteiger partial charge in [-0.25, -0.2) is 22.0 Å². The summed E-state index contributed by atoms with van der Waals surface area (Å²) < 4.78 is 86.9. The van der Waals surface area contributed by atoms with E-state index in [0.29, 0.717) is 11.3 Å². The molecule has 34 heavy (non-hydrogen) atoms. The highest BCUT2D eigenvalue weighted by Gasteiger charge is 2.58. The Labute approximate surface area is 194 Å². The average molecular weight is 502 g/mol. The zero-order valence-electron chi connectivity index (χ0n) is 18.1. The van der Waals surface area contributed by atoms with Gasteiger partial charge in [-0.05, 0) is 23.6 Å². The number of benzene rings is 2. The Kier molecular flexibility index (Phi) is 6.47. The first kappa shape index (κ1) is 24.3. The number of hydrogen-bond acceptors (Lipinski definition) is 4. The van der Waals surface area contributed by atoms with Gasteiger partial charge in [-0.2, -0.15) is 13.5 Å².